The SMILES string of the molecule is CC(C)(O)[C@@H]1C[C@@H](OS(C)(=O)=O)CN1Cc1ccccc1. The third-order valence-electron chi connectivity index (χ3n) is 3.72. The van der Waals surface area contributed by atoms with E-state index in [4.69, 9.17) is 4.18 Å². The van der Waals surface area contributed by atoms with Crippen LogP contribution in [0, 0.1) is 0 Å². The normalized spacial score (nSPS) is 24.4. The Bertz CT molecular complexity index is 565. The Hall–Kier alpha value is -0.950. The minimum absolute atomic E-state index is 0.135. The van der Waals surface area contributed by atoms with Gasteiger partial charge in [0.2, 0.25) is 0 Å². The van der Waals surface area contributed by atoms with Crippen LogP contribution in [0.4, 0.5) is 0 Å². The van der Waals surface area contributed by atoms with Gasteiger partial charge >= 0.3 is 0 Å². The topological polar surface area (TPSA) is 66.8 Å². The summed E-state index contributed by atoms with van der Waals surface area (Å²) in [4.78, 5) is 2.09. The Morgan fingerprint density at radius 2 is 1.95 bits per heavy atom. The molecule has 5 nitrogen and oxygen atoms in total. The molecular weight excluding hydrogens is 290 g/mol. The number of hydrogen-bond donors (Lipinski definition) is 1. The molecule has 1 aliphatic rings. The van der Waals surface area contributed by atoms with Gasteiger partial charge in [0.05, 0.1) is 18.0 Å². The first-order valence-corrected chi connectivity index (χ1v) is 8.85. The van der Waals surface area contributed by atoms with Gasteiger partial charge in [-0.1, -0.05) is 30.3 Å². The molecule has 2 rings (SSSR count). The molecule has 21 heavy (non-hydrogen) atoms. The van der Waals surface area contributed by atoms with Crippen LogP contribution in [0.1, 0.15) is 25.8 Å². The van der Waals surface area contributed by atoms with Crippen molar-refractivity contribution in [3.63, 3.8) is 0 Å². The lowest BCUT2D eigenvalue weighted by molar-refractivity contribution is -0.00522. The molecule has 0 spiro atoms. The van der Waals surface area contributed by atoms with Crippen LogP contribution in [-0.4, -0.2) is 49.0 Å². The number of aliphatic hydroxyl groups is 1. The summed E-state index contributed by atoms with van der Waals surface area (Å²) in [6.45, 7) is 4.66. The minimum atomic E-state index is -3.48. The molecular formula is C15H23NO4S. The molecule has 1 fully saturated rings. The van der Waals surface area contributed by atoms with Gasteiger partial charge in [-0.25, -0.2) is 0 Å². The van der Waals surface area contributed by atoms with Crippen molar-refractivity contribution >= 4 is 10.1 Å². The molecule has 1 heterocycles. The number of likely N-dealkylation sites (tertiary alicyclic amines) is 1. The highest BCUT2D eigenvalue weighted by Gasteiger charge is 2.41. The lowest BCUT2D eigenvalue weighted by Gasteiger charge is -2.33. The van der Waals surface area contributed by atoms with Crippen molar-refractivity contribution in [2.45, 2.75) is 44.6 Å². The van der Waals surface area contributed by atoms with Crippen molar-refractivity contribution in [1.82, 2.24) is 4.90 Å². The molecule has 1 saturated heterocycles. The maximum Gasteiger partial charge on any atom is 0.264 e. The Morgan fingerprint density at radius 3 is 2.48 bits per heavy atom. The molecule has 0 aromatic heterocycles. The molecule has 0 aliphatic carbocycles. The average molecular weight is 313 g/mol. The molecule has 0 bridgehead atoms. The molecule has 0 saturated carbocycles. The van der Waals surface area contributed by atoms with Gasteiger partial charge in [-0.3, -0.25) is 9.08 Å². The van der Waals surface area contributed by atoms with Gasteiger partial charge in [-0.05, 0) is 25.8 Å². The molecule has 0 radical (unpaired) electrons. The fourth-order valence-corrected chi connectivity index (χ4v) is 3.54. The van der Waals surface area contributed by atoms with E-state index >= 15 is 0 Å². The Morgan fingerprint density at radius 1 is 1.33 bits per heavy atom. The summed E-state index contributed by atoms with van der Waals surface area (Å²) in [5.74, 6) is 0. The maximum atomic E-state index is 11.3. The van der Waals surface area contributed by atoms with Crippen LogP contribution in [0.5, 0.6) is 0 Å². The zero-order chi connectivity index (χ0) is 15.7. The molecule has 6 heteroatoms. The van der Waals surface area contributed by atoms with Crippen molar-refractivity contribution in [1.29, 1.82) is 0 Å². The average Bonchev–Trinajstić information content (AvgIpc) is 2.70. The Balaban J connectivity index is 2.13. The first-order chi connectivity index (χ1) is 9.65. The summed E-state index contributed by atoms with van der Waals surface area (Å²) in [6.07, 6.45) is 1.16. The van der Waals surface area contributed by atoms with Crippen LogP contribution in [0.15, 0.2) is 30.3 Å². The van der Waals surface area contributed by atoms with E-state index < -0.39 is 21.8 Å². The van der Waals surface area contributed by atoms with Gasteiger partial charge in [0.1, 0.15) is 0 Å². The van der Waals surface area contributed by atoms with Crippen LogP contribution in [0.2, 0.25) is 0 Å². The molecule has 0 unspecified atom stereocenters. The summed E-state index contributed by atoms with van der Waals surface area (Å²) >= 11 is 0. The minimum Gasteiger partial charge on any atom is -0.389 e. The molecule has 1 N–H and O–H groups in total. The highest BCUT2D eigenvalue weighted by Crippen LogP contribution is 2.30. The second-order valence-electron chi connectivity index (χ2n) is 6.24. The molecule has 1 aromatic rings. The first kappa shape index (κ1) is 16.4. The van der Waals surface area contributed by atoms with E-state index in [0.29, 0.717) is 19.5 Å². The van der Waals surface area contributed by atoms with Gasteiger partial charge in [-0.2, -0.15) is 8.42 Å². The number of rotatable bonds is 5. The van der Waals surface area contributed by atoms with Crippen molar-refractivity contribution in [3.05, 3.63) is 35.9 Å². The van der Waals surface area contributed by atoms with E-state index in [1.165, 1.54) is 0 Å². The van der Waals surface area contributed by atoms with E-state index in [1.807, 2.05) is 30.3 Å². The predicted octanol–water partition coefficient (Wildman–Crippen LogP) is 1.38. The van der Waals surface area contributed by atoms with Crippen molar-refractivity contribution in [2.75, 3.05) is 12.8 Å². The fourth-order valence-electron chi connectivity index (χ4n) is 2.91. The van der Waals surface area contributed by atoms with Gasteiger partial charge in [0.25, 0.3) is 10.1 Å². The third kappa shape index (κ3) is 4.78. The Kier molecular flexibility index (Phi) is 4.72. The van der Waals surface area contributed by atoms with Crippen LogP contribution >= 0.6 is 0 Å². The molecule has 0 amide bonds. The highest BCUT2D eigenvalue weighted by atomic mass is 32.2. The van der Waals surface area contributed by atoms with Crippen molar-refractivity contribution in [3.8, 4) is 0 Å². The molecule has 118 valence electrons. The van der Waals surface area contributed by atoms with Gasteiger partial charge < -0.3 is 5.11 Å². The summed E-state index contributed by atoms with van der Waals surface area (Å²) in [7, 11) is -3.48. The summed E-state index contributed by atoms with van der Waals surface area (Å²) in [6, 6.07) is 9.79. The second-order valence-corrected chi connectivity index (χ2v) is 7.84. The van der Waals surface area contributed by atoms with E-state index in [0.717, 1.165) is 11.8 Å². The largest absolute Gasteiger partial charge is 0.389 e. The molecule has 1 aliphatic heterocycles. The van der Waals surface area contributed by atoms with Crippen LogP contribution < -0.4 is 0 Å². The maximum absolute atomic E-state index is 11.3. The number of benzene rings is 1. The zero-order valence-corrected chi connectivity index (χ0v) is 13.5. The van der Waals surface area contributed by atoms with Crippen LogP contribution in [0.3, 0.4) is 0 Å². The lowest BCUT2D eigenvalue weighted by Crippen LogP contribution is -2.45. The van der Waals surface area contributed by atoms with Gasteiger partial charge in [0, 0.05) is 19.1 Å². The van der Waals surface area contributed by atoms with E-state index in [2.05, 4.69) is 4.90 Å². The van der Waals surface area contributed by atoms with Crippen LogP contribution in [0.25, 0.3) is 0 Å². The van der Waals surface area contributed by atoms with Gasteiger partial charge in [-0.15, -0.1) is 0 Å². The van der Waals surface area contributed by atoms with E-state index in [9.17, 15) is 13.5 Å². The quantitative estimate of drug-likeness (QED) is 0.832. The molecule has 1 aromatic carbocycles. The lowest BCUT2D eigenvalue weighted by atomic mass is 9.96. The summed E-state index contributed by atoms with van der Waals surface area (Å²) in [5, 5.41) is 10.3. The monoisotopic (exact) mass is 313 g/mol. The van der Waals surface area contributed by atoms with Crippen LogP contribution in [-0.2, 0) is 20.8 Å². The number of nitrogens with zero attached hydrogens (tertiary/aromatic N) is 1. The van der Waals surface area contributed by atoms with Crippen molar-refractivity contribution in [2.24, 2.45) is 0 Å². The predicted molar refractivity (Wildman–Crippen MR) is 81.3 cm³/mol. The molecule has 2 atom stereocenters. The third-order valence-corrected chi connectivity index (χ3v) is 4.34. The first-order valence-electron chi connectivity index (χ1n) is 7.04. The van der Waals surface area contributed by atoms with Gasteiger partial charge in [0.15, 0.2) is 0 Å². The fraction of sp³-hybridized carbons (Fsp3) is 0.600. The number of hydrogen-bond acceptors (Lipinski definition) is 5. The second kappa shape index (κ2) is 6.04. The van der Waals surface area contributed by atoms with E-state index in [1.54, 1.807) is 13.8 Å². The Labute approximate surface area is 126 Å². The smallest absolute Gasteiger partial charge is 0.264 e. The summed E-state index contributed by atoms with van der Waals surface area (Å²) in [5.41, 5.74) is 0.219. The summed E-state index contributed by atoms with van der Waals surface area (Å²) < 4.78 is 27.7. The van der Waals surface area contributed by atoms with E-state index in [-0.39, 0.29) is 6.04 Å². The van der Waals surface area contributed by atoms with Crippen molar-refractivity contribution < 1.29 is 17.7 Å². The zero-order valence-electron chi connectivity index (χ0n) is 12.7. The highest BCUT2D eigenvalue weighted by molar-refractivity contribution is 7.86. The standard InChI is InChI=1S/C15H23NO4S/c1-15(2,17)14-9-13(20-21(3,18)19)11-16(14)10-12-7-5-4-6-8-12/h4-8,13-14,17H,9-11H2,1-3H3/t13-,14+/m1/s1.